The van der Waals surface area contributed by atoms with E-state index in [1.165, 1.54) is 11.8 Å². The van der Waals surface area contributed by atoms with Gasteiger partial charge in [-0.2, -0.15) is 0 Å². The van der Waals surface area contributed by atoms with Crippen molar-refractivity contribution in [1.29, 1.82) is 0 Å². The number of sulfonamides is 1. The molecule has 8 heteroatoms. The van der Waals surface area contributed by atoms with Crippen molar-refractivity contribution >= 4 is 21.8 Å². The third-order valence-corrected chi connectivity index (χ3v) is 5.52. The summed E-state index contributed by atoms with van der Waals surface area (Å²) < 4.78 is 26.7. The Labute approximate surface area is 144 Å². The summed E-state index contributed by atoms with van der Waals surface area (Å²) in [5.41, 5.74) is 0.960. The van der Waals surface area contributed by atoms with Gasteiger partial charge in [0.2, 0.25) is 15.2 Å². The lowest BCUT2D eigenvalue weighted by Gasteiger charge is -2.05. The second-order valence-corrected chi connectivity index (χ2v) is 7.72. The monoisotopic (exact) mass is 360 g/mol. The Hall–Kier alpha value is -2.16. The number of hydrogen-bond acceptors (Lipinski definition) is 5. The molecule has 2 N–H and O–H groups in total. The van der Waals surface area contributed by atoms with E-state index >= 15 is 0 Å². The molecule has 0 amide bonds. The quantitative estimate of drug-likeness (QED) is 0.499. The second-order valence-electron chi connectivity index (χ2n) is 4.89. The van der Waals surface area contributed by atoms with Crippen molar-refractivity contribution in [2.24, 2.45) is 0 Å². The largest absolute Gasteiger partial charge is 0.258 e. The van der Waals surface area contributed by atoms with E-state index in [0.717, 1.165) is 5.56 Å². The predicted molar refractivity (Wildman–Crippen MR) is 94.2 cm³/mol. The van der Waals surface area contributed by atoms with E-state index in [1.54, 1.807) is 30.3 Å². The molecular formula is C16H16N4O2S2. The summed E-state index contributed by atoms with van der Waals surface area (Å²) in [5.74, 6) is 1.24. The fourth-order valence-electron chi connectivity index (χ4n) is 2.04. The van der Waals surface area contributed by atoms with E-state index in [9.17, 15) is 8.42 Å². The number of benzene rings is 2. The zero-order chi connectivity index (χ0) is 16.8. The highest BCUT2D eigenvalue weighted by molar-refractivity contribution is 7.99. The molecule has 0 bridgehead atoms. The molecule has 0 radical (unpaired) electrons. The minimum atomic E-state index is -3.46. The molecule has 3 rings (SSSR count). The topological polar surface area (TPSA) is 87.7 Å². The number of aromatic nitrogens is 3. The predicted octanol–water partition coefficient (Wildman–Crippen LogP) is 2.54. The van der Waals surface area contributed by atoms with Gasteiger partial charge >= 0.3 is 0 Å². The van der Waals surface area contributed by atoms with Crippen LogP contribution in [0.25, 0.3) is 11.4 Å². The minimum Gasteiger partial charge on any atom is -0.258 e. The maximum Gasteiger partial charge on any atom is 0.240 e. The van der Waals surface area contributed by atoms with Crippen molar-refractivity contribution < 1.29 is 8.42 Å². The third-order valence-electron chi connectivity index (χ3n) is 3.19. The van der Waals surface area contributed by atoms with Gasteiger partial charge in [-0.05, 0) is 12.1 Å². The lowest BCUT2D eigenvalue weighted by molar-refractivity contribution is 0.584. The van der Waals surface area contributed by atoms with E-state index < -0.39 is 10.0 Å². The van der Waals surface area contributed by atoms with Crippen molar-refractivity contribution in [3.8, 4) is 11.4 Å². The Kier molecular flexibility index (Phi) is 5.29. The maximum absolute atomic E-state index is 12.1. The fourth-order valence-corrected chi connectivity index (χ4v) is 3.87. The summed E-state index contributed by atoms with van der Waals surface area (Å²) >= 11 is 1.39. The van der Waals surface area contributed by atoms with Crippen molar-refractivity contribution in [2.45, 2.75) is 10.1 Å². The van der Waals surface area contributed by atoms with Gasteiger partial charge in [0.1, 0.15) is 0 Å². The highest BCUT2D eigenvalue weighted by atomic mass is 32.2. The molecule has 0 saturated heterocycles. The van der Waals surface area contributed by atoms with Gasteiger partial charge in [0, 0.05) is 17.9 Å². The zero-order valence-electron chi connectivity index (χ0n) is 12.7. The average Bonchev–Trinajstić information content (AvgIpc) is 3.09. The first-order chi connectivity index (χ1) is 11.6. The Morgan fingerprint density at radius 3 is 2.38 bits per heavy atom. The van der Waals surface area contributed by atoms with E-state index in [2.05, 4.69) is 19.9 Å². The van der Waals surface area contributed by atoms with Crippen molar-refractivity contribution in [3.05, 3.63) is 60.7 Å². The van der Waals surface area contributed by atoms with Crippen LogP contribution in [0.3, 0.4) is 0 Å². The first kappa shape index (κ1) is 16.7. The molecule has 6 nitrogen and oxygen atoms in total. The van der Waals surface area contributed by atoms with Crippen LogP contribution < -0.4 is 4.72 Å². The summed E-state index contributed by atoms with van der Waals surface area (Å²) in [6, 6.07) is 18.0. The summed E-state index contributed by atoms with van der Waals surface area (Å²) in [4.78, 5) is 4.65. The SMILES string of the molecule is O=S(=O)(NCCSc1n[nH]c(-c2ccccc2)n1)c1ccccc1. The lowest BCUT2D eigenvalue weighted by Crippen LogP contribution is -2.25. The minimum absolute atomic E-state index is 0.263. The third kappa shape index (κ3) is 4.22. The van der Waals surface area contributed by atoms with Gasteiger partial charge < -0.3 is 0 Å². The van der Waals surface area contributed by atoms with Crippen LogP contribution in [0.1, 0.15) is 0 Å². The molecule has 2 aromatic carbocycles. The molecule has 3 aromatic rings. The first-order valence-corrected chi connectivity index (χ1v) is 9.77. The molecule has 1 heterocycles. The van der Waals surface area contributed by atoms with Crippen LogP contribution >= 0.6 is 11.8 Å². The highest BCUT2D eigenvalue weighted by Crippen LogP contribution is 2.18. The summed E-state index contributed by atoms with van der Waals surface area (Å²) in [6.07, 6.45) is 0. The molecule has 0 aliphatic heterocycles. The lowest BCUT2D eigenvalue weighted by atomic mass is 10.2. The van der Waals surface area contributed by atoms with Gasteiger partial charge in [-0.15, -0.1) is 5.10 Å². The number of H-pyrrole nitrogens is 1. The molecule has 24 heavy (non-hydrogen) atoms. The molecular weight excluding hydrogens is 344 g/mol. The van der Waals surface area contributed by atoms with Crippen molar-refractivity contribution in [3.63, 3.8) is 0 Å². The van der Waals surface area contributed by atoms with Gasteiger partial charge in [-0.3, -0.25) is 5.10 Å². The van der Waals surface area contributed by atoms with E-state index in [-0.39, 0.29) is 4.90 Å². The zero-order valence-corrected chi connectivity index (χ0v) is 14.3. The molecule has 0 unspecified atom stereocenters. The normalized spacial score (nSPS) is 11.5. The Morgan fingerprint density at radius 1 is 1.00 bits per heavy atom. The Balaban J connectivity index is 1.52. The highest BCUT2D eigenvalue weighted by Gasteiger charge is 2.12. The number of aromatic amines is 1. The van der Waals surface area contributed by atoms with E-state index in [4.69, 9.17) is 0 Å². The smallest absolute Gasteiger partial charge is 0.240 e. The van der Waals surface area contributed by atoms with E-state index in [1.807, 2.05) is 30.3 Å². The molecule has 0 aliphatic carbocycles. The van der Waals surface area contributed by atoms with Gasteiger partial charge in [0.25, 0.3) is 0 Å². The second kappa shape index (κ2) is 7.61. The summed E-state index contributed by atoms with van der Waals surface area (Å²) in [5, 5.41) is 7.61. The van der Waals surface area contributed by atoms with Gasteiger partial charge in [0.15, 0.2) is 5.82 Å². The van der Waals surface area contributed by atoms with Crippen LogP contribution in [0.2, 0.25) is 0 Å². The molecule has 0 atom stereocenters. The Morgan fingerprint density at radius 2 is 1.67 bits per heavy atom. The van der Waals surface area contributed by atoms with E-state index in [0.29, 0.717) is 23.3 Å². The molecule has 0 fully saturated rings. The fraction of sp³-hybridized carbons (Fsp3) is 0.125. The molecule has 0 saturated carbocycles. The first-order valence-electron chi connectivity index (χ1n) is 7.30. The molecule has 1 aromatic heterocycles. The maximum atomic E-state index is 12.1. The number of rotatable bonds is 7. The van der Waals surface area contributed by atoms with Crippen LogP contribution in [-0.4, -0.2) is 35.9 Å². The van der Waals surface area contributed by atoms with Gasteiger partial charge in [-0.1, -0.05) is 60.3 Å². The Bertz CT molecular complexity index is 881. The molecule has 124 valence electrons. The van der Waals surface area contributed by atoms with Gasteiger partial charge in [-0.25, -0.2) is 18.1 Å². The van der Waals surface area contributed by atoms with Crippen LogP contribution in [-0.2, 0) is 10.0 Å². The van der Waals surface area contributed by atoms with Gasteiger partial charge in [0.05, 0.1) is 4.90 Å². The molecule has 0 spiro atoms. The van der Waals surface area contributed by atoms with Crippen LogP contribution in [0.5, 0.6) is 0 Å². The number of hydrogen-bond donors (Lipinski definition) is 2. The van der Waals surface area contributed by atoms with Crippen LogP contribution in [0.15, 0.2) is 70.7 Å². The average molecular weight is 360 g/mol. The molecule has 0 aliphatic rings. The summed E-state index contributed by atoms with van der Waals surface area (Å²) in [6.45, 7) is 0.303. The van der Waals surface area contributed by atoms with Crippen LogP contribution in [0.4, 0.5) is 0 Å². The summed E-state index contributed by atoms with van der Waals surface area (Å²) in [7, 11) is -3.46. The number of nitrogens with one attached hydrogen (secondary N) is 2. The van der Waals surface area contributed by atoms with Crippen molar-refractivity contribution in [1.82, 2.24) is 19.9 Å². The number of nitrogens with zero attached hydrogens (tertiary/aromatic N) is 2. The van der Waals surface area contributed by atoms with Crippen molar-refractivity contribution in [2.75, 3.05) is 12.3 Å². The number of thioether (sulfide) groups is 1. The standard InChI is InChI=1S/C16H16N4O2S2/c21-24(22,14-9-5-2-6-10-14)17-11-12-23-16-18-15(19-20-16)13-7-3-1-4-8-13/h1-10,17H,11-12H2,(H,18,19,20). The van der Waals surface area contributed by atoms with Crippen LogP contribution in [0, 0.1) is 0 Å².